The molecule has 0 radical (unpaired) electrons. The summed E-state index contributed by atoms with van der Waals surface area (Å²) in [5, 5.41) is 5.31. The topological polar surface area (TPSA) is 144 Å². The van der Waals surface area contributed by atoms with E-state index in [0.29, 0.717) is 19.4 Å². The number of hydrogen-bond donors (Lipinski definition) is 3. The maximum Gasteiger partial charge on any atom is 0.313 e. The summed E-state index contributed by atoms with van der Waals surface area (Å²) in [7, 11) is 1.35. The van der Waals surface area contributed by atoms with Crippen LogP contribution in [0, 0.1) is 5.92 Å². The Labute approximate surface area is 190 Å². The van der Waals surface area contributed by atoms with Crippen LogP contribution < -0.4 is 21.1 Å². The molecule has 3 heterocycles. The van der Waals surface area contributed by atoms with Crippen LogP contribution in [-0.4, -0.2) is 47.2 Å². The highest BCUT2D eigenvalue weighted by Gasteiger charge is 2.35. The van der Waals surface area contributed by atoms with Gasteiger partial charge in [-0.2, -0.15) is 0 Å². The van der Waals surface area contributed by atoms with Crippen LogP contribution in [0.5, 0.6) is 5.88 Å². The van der Waals surface area contributed by atoms with E-state index in [9.17, 15) is 19.2 Å². The monoisotopic (exact) mass is 451 g/mol. The van der Waals surface area contributed by atoms with Crippen molar-refractivity contribution >= 4 is 35.0 Å². The van der Waals surface area contributed by atoms with Crippen molar-refractivity contribution in [1.82, 2.24) is 9.88 Å². The summed E-state index contributed by atoms with van der Waals surface area (Å²) in [6.45, 7) is 2.46. The first kappa shape index (κ1) is 22.3. The molecule has 33 heavy (non-hydrogen) atoms. The van der Waals surface area contributed by atoms with Crippen molar-refractivity contribution in [2.75, 3.05) is 24.3 Å². The first-order chi connectivity index (χ1) is 15.8. The fourth-order valence-corrected chi connectivity index (χ4v) is 4.35. The minimum atomic E-state index is -0.838. The minimum absolute atomic E-state index is 0.00600. The van der Waals surface area contributed by atoms with Gasteiger partial charge in [0.25, 0.3) is 5.91 Å². The Balaban J connectivity index is 1.55. The summed E-state index contributed by atoms with van der Waals surface area (Å²) in [6, 6.07) is 6.69. The number of methoxy groups -OCH3 is 1. The number of hydrogen-bond acceptors (Lipinski definition) is 6. The van der Waals surface area contributed by atoms with Gasteiger partial charge in [-0.15, -0.1) is 0 Å². The third kappa shape index (κ3) is 4.50. The molecular formula is C23H25N5O5. The quantitative estimate of drug-likeness (QED) is 0.603. The maximum atomic E-state index is 13.2. The number of rotatable bonds is 4. The Morgan fingerprint density at radius 2 is 2.03 bits per heavy atom. The smallest absolute Gasteiger partial charge is 0.313 e. The Morgan fingerprint density at radius 3 is 2.76 bits per heavy atom. The summed E-state index contributed by atoms with van der Waals surface area (Å²) < 4.78 is 5.00. The van der Waals surface area contributed by atoms with Crippen molar-refractivity contribution in [1.29, 1.82) is 0 Å². The number of primary amides is 1. The highest BCUT2D eigenvalue weighted by molar-refractivity contribution is 6.39. The molecule has 2 atom stereocenters. The number of carbonyl (C=O) groups is 4. The minimum Gasteiger partial charge on any atom is -0.480 e. The molecule has 1 saturated heterocycles. The Bertz CT molecular complexity index is 1150. The predicted octanol–water partition coefficient (Wildman–Crippen LogP) is 1.62. The van der Waals surface area contributed by atoms with Crippen LogP contribution in [0.2, 0.25) is 0 Å². The molecule has 0 spiro atoms. The van der Waals surface area contributed by atoms with Gasteiger partial charge in [-0.3, -0.25) is 19.2 Å². The highest BCUT2D eigenvalue weighted by atomic mass is 16.5. The molecule has 4 rings (SSSR count). The molecule has 0 saturated carbocycles. The van der Waals surface area contributed by atoms with Crippen molar-refractivity contribution in [3.05, 3.63) is 47.2 Å². The number of nitrogens with zero attached hydrogens (tertiary/aromatic N) is 2. The Morgan fingerprint density at radius 1 is 1.24 bits per heavy atom. The van der Waals surface area contributed by atoms with Gasteiger partial charge in [-0.1, -0.05) is 19.1 Å². The first-order valence-electron chi connectivity index (χ1n) is 10.6. The van der Waals surface area contributed by atoms with Gasteiger partial charge in [0.2, 0.25) is 11.8 Å². The maximum absolute atomic E-state index is 13.2. The van der Waals surface area contributed by atoms with Crippen molar-refractivity contribution in [3.8, 4) is 5.88 Å². The molecule has 1 aromatic heterocycles. The zero-order valence-electron chi connectivity index (χ0n) is 18.4. The molecule has 1 aromatic carbocycles. The van der Waals surface area contributed by atoms with Gasteiger partial charge in [-0.25, -0.2) is 4.98 Å². The lowest BCUT2D eigenvalue weighted by molar-refractivity contribution is -0.146. The van der Waals surface area contributed by atoms with E-state index in [1.165, 1.54) is 19.4 Å². The van der Waals surface area contributed by atoms with E-state index in [1.807, 2.05) is 25.1 Å². The van der Waals surface area contributed by atoms with Crippen molar-refractivity contribution < 1.29 is 23.9 Å². The van der Waals surface area contributed by atoms with E-state index < -0.39 is 17.7 Å². The van der Waals surface area contributed by atoms with E-state index in [2.05, 4.69) is 15.6 Å². The average molecular weight is 451 g/mol. The molecule has 2 aromatic rings. The van der Waals surface area contributed by atoms with Gasteiger partial charge in [0, 0.05) is 12.2 Å². The number of nitrogens with one attached hydrogen (secondary N) is 2. The molecule has 2 aliphatic rings. The molecule has 10 heteroatoms. The third-order valence-electron chi connectivity index (χ3n) is 5.98. The van der Waals surface area contributed by atoms with E-state index in [1.54, 1.807) is 4.90 Å². The van der Waals surface area contributed by atoms with Gasteiger partial charge < -0.3 is 26.0 Å². The Hall–Kier alpha value is -3.95. The number of amides is 4. The second-order valence-corrected chi connectivity index (χ2v) is 8.40. The third-order valence-corrected chi connectivity index (χ3v) is 5.98. The van der Waals surface area contributed by atoms with Crippen LogP contribution >= 0.6 is 0 Å². The van der Waals surface area contributed by atoms with E-state index >= 15 is 0 Å². The van der Waals surface area contributed by atoms with Crippen LogP contribution in [0.3, 0.4) is 0 Å². The zero-order chi connectivity index (χ0) is 23.7. The number of likely N-dealkylation sites (tertiary alicyclic amines) is 1. The largest absolute Gasteiger partial charge is 0.480 e. The number of benzene rings is 1. The van der Waals surface area contributed by atoms with E-state index in [4.69, 9.17) is 10.5 Å². The summed E-state index contributed by atoms with van der Waals surface area (Å²) in [6.07, 6.45) is 3.20. The molecule has 172 valence electrons. The molecule has 2 aliphatic heterocycles. The molecule has 4 amide bonds. The van der Waals surface area contributed by atoms with Crippen molar-refractivity contribution in [2.24, 2.45) is 11.7 Å². The molecule has 0 unspecified atom stereocenters. The summed E-state index contributed by atoms with van der Waals surface area (Å²) in [4.78, 5) is 54.9. The highest BCUT2D eigenvalue weighted by Crippen LogP contribution is 2.36. The summed E-state index contributed by atoms with van der Waals surface area (Å²) >= 11 is 0. The number of ether oxygens (including phenoxy) is 1. The first-order valence-corrected chi connectivity index (χ1v) is 10.6. The second-order valence-electron chi connectivity index (χ2n) is 8.40. The van der Waals surface area contributed by atoms with Crippen LogP contribution in [0.4, 0.5) is 11.4 Å². The summed E-state index contributed by atoms with van der Waals surface area (Å²) in [5.41, 5.74) is 8.05. The van der Waals surface area contributed by atoms with Gasteiger partial charge in [-0.05, 0) is 42.0 Å². The van der Waals surface area contributed by atoms with Gasteiger partial charge in [0.1, 0.15) is 5.56 Å². The van der Waals surface area contributed by atoms with E-state index in [-0.39, 0.29) is 35.0 Å². The van der Waals surface area contributed by atoms with Crippen LogP contribution in [0.1, 0.15) is 47.3 Å². The lowest BCUT2D eigenvalue weighted by atomic mass is 9.89. The van der Waals surface area contributed by atoms with Gasteiger partial charge in [0.05, 0.1) is 31.5 Å². The number of piperidine rings is 1. The molecule has 4 N–H and O–H groups in total. The van der Waals surface area contributed by atoms with E-state index in [0.717, 1.165) is 23.2 Å². The van der Waals surface area contributed by atoms with Gasteiger partial charge in [0.15, 0.2) is 0 Å². The molecule has 0 bridgehead atoms. The number of fused-ring (bicyclic) bond motifs is 1. The molecule has 0 aliphatic carbocycles. The second kappa shape index (κ2) is 8.89. The zero-order valence-corrected chi connectivity index (χ0v) is 18.4. The standard InChI is InChI=1S/C23H25N5O5/c1-12-3-6-18(13-4-5-17-14(7-13)8-19(29)27-17)28(11-12)23(32)21(31)26-15-9-16(20(24)30)22(33-2)25-10-15/h4-5,7,9-10,12,18H,3,6,8,11H2,1-2H3,(H2,24,30)(H,26,31)(H,27,29)/t12-,18+/m1/s1. The predicted molar refractivity (Wildman–Crippen MR) is 120 cm³/mol. The van der Waals surface area contributed by atoms with Crippen LogP contribution in [0.15, 0.2) is 30.5 Å². The number of nitrogens with two attached hydrogens (primary N) is 1. The fourth-order valence-electron chi connectivity index (χ4n) is 4.35. The lowest BCUT2D eigenvalue weighted by Gasteiger charge is -2.38. The summed E-state index contributed by atoms with van der Waals surface area (Å²) in [5.74, 6) is -2.08. The number of aromatic nitrogens is 1. The number of pyridine rings is 1. The van der Waals surface area contributed by atoms with Crippen LogP contribution in [0.25, 0.3) is 0 Å². The van der Waals surface area contributed by atoms with Crippen molar-refractivity contribution in [2.45, 2.75) is 32.2 Å². The SMILES string of the molecule is COc1ncc(NC(=O)C(=O)N2C[C@H](C)CC[C@H]2c2ccc3c(c2)CC(=O)N3)cc1C(N)=O. The average Bonchev–Trinajstić information content (AvgIpc) is 3.17. The fraction of sp³-hybridized carbons (Fsp3) is 0.348. The molecule has 1 fully saturated rings. The Kier molecular flexibility index (Phi) is 5.99. The van der Waals surface area contributed by atoms with Gasteiger partial charge >= 0.3 is 11.8 Å². The van der Waals surface area contributed by atoms with Crippen LogP contribution in [-0.2, 0) is 20.8 Å². The van der Waals surface area contributed by atoms with Crippen molar-refractivity contribution in [3.63, 3.8) is 0 Å². The lowest BCUT2D eigenvalue weighted by Crippen LogP contribution is -2.46. The number of anilines is 2. The molecular weight excluding hydrogens is 426 g/mol. The molecule has 10 nitrogen and oxygen atoms in total. The normalized spacial score (nSPS) is 19.5. The number of carbonyl (C=O) groups excluding carboxylic acids is 4.